The number of oxazole rings is 1. The Morgan fingerprint density at radius 1 is 1.03 bits per heavy atom. The van der Waals surface area contributed by atoms with Gasteiger partial charge in [-0.1, -0.05) is 6.07 Å². The molecule has 0 unspecified atom stereocenters. The molecular formula is C27H33N9O3. The summed E-state index contributed by atoms with van der Waals surface area (Å²) < 4.78 is 7.82. The van der Waals surface area contributed by atoms with E-state index in [9.17, 15) is 9.90 Å². The van der Waals surface area contributed by atoms with Gasteiger partial charge in [0.05, 0.1) is 23.1 Å². The molecule has 39 heavy (non-hydrogen) atoms. The third-order valence-electron chi connectivity index (χ3n) is 7.50. The zero-order valence-corrected chi connectivity index (χ0v) is 22.5. The van der Waals surface area contributed by atoms with E-state index in [0.717, 1.165) is 31.7 Å². The van der Waals surface area contributed by atoms with Crippen LogP contribution in [0, 0.1) is 0 Å². The summed E-state index contributed by atoms with van der Waals surface area (Å²) in [6.45, 7) is 6.45. The predicted molar refractivity (Wildman–Crippen MR) is 148 cm³/mol. The maximum Gasteiger partial charge on any atom is 0.300 e. The van der Waals surface area contributed by atoms with Crippen LogP contribution in [0.2, 0.25) is 0 Å². The Bertz CT molecular complexity index is 1490. The first-order chi connectivity index (χ1) is 18.7. The van der Waals surface area contributed by atoms with Gasteiger partial charge in [0.2, 0.25) is 5.65 Å². The van der Waals surface area contributed by atoms with Crippen LogP contribution in [0.25, 0.3) is 22.5 Å². The van der Waals surface area contributed by atoms with Crippen molar-refractivity contribution in [2.45, 2.75) is 25.4 Å². The third-order valence-corrected chi connectivity index (χ3v) is 7.50. The fourth-order valence-electron chi connectivity index (χ4n) is 4.99. The van der Waals surface area contributed by atoms with Crippen molar-refractivity contribution in [3.8, 4) is 11.3 Å². The fraction of sp³-hybridized carbons (Fsp3) is 0.444. The highest BCUT2D eigenvalue weighted by Gasteiger charge is 2.31. The third kappa shape index (κ3) is 5.30. The first-order valence-corrected chi connectivity index (χ1v) is 13.2. The lowest BCUT2D eigenvalue weighted by atomic mass is 9.93. The number of amides is 1. The Balaban J connectivity index is 1.33. The Morgan fingerprint density at radius 2 is 1.79 bits per heavy atom. The van der Waals surface area contributed by atoms with Crippen LogP contribution in [0.5, 0.6) is 0 Å². The van der Waals surface area contributed by atoms with E-state index in [2.05, 4.69) is 37.2 Å². The van der Waals surface area contributed by atoms with E-state index < -0.39 is 5.60 Å². The molecule has 0 aromatic carbocycles. The summed E-state index contributed by atoms with van der Waals surface area (Å²) in [6.07, 6.45) is 4.76. The van der Waals surface area contributed by atoms with Crippen LogP contribution in [0.4, 0.5) is 17.7 Å². The Hall–Kier alpha value is -4.03. The quantitative estimate of drug-likeness (QED) is 0.396. The highest BCUT2D eigenvalue weighted by molar-refractivity contribution is 6.08. The molecule has 4 aromatic heterocycles. The number of rotatable bonds is 5. The van der Waals surface area contributed by atoms with Gasteiger partial charge in [0.25, 0.3) is 11.9 Å². The minimum Gasteiger partial charge on any atom is -0.422 e. The predicted octanol–water partition coefficient (Wildman–Crippen LogP) is 2.37. The van der Waals surface area contributed by atoms with Crippen molar-refractivity contribution in [1.29, 1.82) is 0 Å². The van der Waals surface area contributed by atoms with Gasteiger partial charge in [-0.2, -0.15) is 10.1 Å². The highest BCUT2D eigenvalue weighted by atomic mass is 16.4. The molecule has 1 amide bonds. The van der Waals surface area contributed by atoms with Crippen molar-refractivity contribution >= 4 is 34.8 Å². The average Bonchev–Trinajstić information content (AvgIpc) is 3.54. The van der Waals surface area contributed by atoms with E-state index in [0.29, 0.717) is 66.1 Å². The van der Waals surface area contributed by atoms with Gasteiger partial charge in [0.15, 0.2) is 5.58 Å². The zero-order chi connectivity index (χ0) is 27.1. The van der Waals surface area contributed by atoms with Gasteiger partial charge >= 0.3 is 0 Å². The molecule has 2 saturated heterocycles. The topological polar surface area (TPSA) is 129 Å². The second-order valence-corrected chi connectivity index (χ2v) is 10.7. The van der Waals surface area contributed by atoms with Crippen molar-refractivity contribution in [3.63, 3.8) is 0 Å². The molecule has 0 atom stereocenters. The number of hydrogen-bond acceptors (Lipinski definition) is 10. The first kappa shape index (κ1) is 25.3. The van der Waals surface area contributed by atoms with E-state index >= 15 is 0 Å². The Kier molecular flexibility index (Phi) is 6.43. The molecule has 0 bridgehead atoms. The molecule has 2 N–H and O–H groups in total. The number of piperidine rings is 1. The minimum atomic E-state index is -0.734. The van der Waals surface area contributed by atoms with Crippen molar-refractivity contribution in [1.82, 2.24) is 29.6 Å². The number of anilines is 3. The maximum absolute atomic E-state index is 13.7. The normalized spacial score (nSPS) is 18.1. The summed E-state index contributed by atoms with van der Waals surface area (Å²) in [6, 6.07) is 7.71. The number of aromatic nitrogens is 5. The molecule has 6 heterocycles. The molecule has 2 fully saturated rings. The summed E-state index contributed by atoms with van der Waals surface area (Å²) >= 11 is 0. The Labute approximate surface area is 226 Å². The standard InChI is InChI=1S/C27H33N9O3/c1-27(38)7-9-35(10-8-27)24-19(15-21-23(31-24)32-26(39-21)36-13-11-33(2)12-14-36)25(37)30-22-6-4-5-20(29-22)18-16-28-34(3)17-18/h4-6,15-17,38H,7-14H2,1-3H3,(H,29,30,37). The van der Waals surface area contributed by atoms with Crippen LogP contribution < -0.4 is 15.1 Å². The second-order valence-electron chi connectivity index (χ2n) is 10.7. The molecule has 2 aliphatic heterocycles. The summed E-state index contributed by atoms with van der Waals surface area (Å²) in [5, 5.41) is 17.6. The molecule has 204 valence electrons. The van der Waals surface area contributed by atoms with Gasteiger partial charge in [-0.15, -0.1) is 0 Å². The number of aryl methyl sites for hydroxylation is 1. The number of pyridine rings is 2. The van der Waals surface area contributed by atoms with Crippen LogP contribution in [0.15, 0.2) is 41.1 Å². The number of carbonyl (C=O) groups excluding carboxylic acids is 1. The summed E-state index contributed by atoms with van der Waals surface area (Å²) in [7, 11) is 3.94. The second kappa shape index (κ2) is 9.93. The van der Waals surface area contributed by atoms with Gasteiger partial charge in [-0.3, -0.25) is 9.48 Å². The summed E-state index contributed by atoms with van der Waals surface area (Å²) in [5.74, 6) is 0.604. The summed E-state index contributed by atoms with van der Waals surface area (Å²) in [5.41, 5.74) is 2.13. The van der Waals surface area contributed by atoms with Crippen molar-refractivity contribution in [3.05, 3.63) is 42.2 Å². The molecule has 0 spiro atoms. The number of nitrogens with zero attached hydrogens (tertiary/aromatic N) is 8. The van der Waals surface area contributed by atoms with E-state index in [4.69, 9.17) is 9.40 Å². The summed E-state index contributed by atoms with van der Waals surface area (Å²) in [4.78, 5) is 34.2. The van der Waals surface area contributed by atoms with E-state index in [1.54, 1.807) is 23.0 Å². The number of fused-ring (bicyclic) bond motifs is 1. The molecule has 12 nitrogen and oxygen atoms in total. The maximum atomic E-state index is 13.7. The van der Waals surface area contributed by atoms with Crippen LogP contribution in [-0.2, 0) is 7.05 Å². The van der Waals surface area contributed by atoms with Gasteiger partial charge in [-0.05, 0) is 38.9 Å². The van der Waals surface area contributed by atoms with Gasteiger partial charge < -0.3 is 29.5 Å². The number of carbonyl (C=O) groups is 1. The van der Waals surface area contributed by atoms with E-state index in [1.165, 1.54) is 0 Å². The van der Waals surface area contributed by atoms with E-state index in [-0.39, 0.29) is 5.91 Å². The smallest absolute Gasteiger partial charge is 0.300 e. The number of nitrogens with one attached hydrogen (secondary N) is 1. The number of aliphatic hydroxyl groups is 1. The van der Waals surface area contributed by atoms with Crippen LogP contribution in [0.1, 0.15) is 30.1 Å². The largest absolute Gasteiger partial charge is 0.422 e. The lowest BCUT2D eigenvalue weighted by Gasteiger charge is -2.37. The molecule has 4 aromatic rings. The zero-order valence-electron chi connectivity index (χ0n) is 22.5. The average molecular weight is 532 g/mol. The first-order valence-electron chi connectivity index (χ1n) is 13.2. The Morgan fingerprint density at radius 3 is 2.51 bits per heavy atom. The SMILES string of the molecule is CN1CCN(c2nc3nc(N4CCC(C)(O)CC4)c(C(=O)Nc4cccc(-c5cnn(C)c5)n4)cc3o2)CC1. The fourth-order valence-corrected chi connectivity index (χ4v) is 4.99. The van der Waals surface area contributed by atoms with Gasteiger partial charge in [0.1, 0.15) is 11.6 Å². The molecule has 2 aliphatic rings. The number of likely N-dealkylation sites (N-methyl/N-ethyl adjacent to an activating group) is 1. The van der Waals surface area contributed by atoms with Crippen LogP contribution >= 0.6 is 0 Å². The van der Waals surface area contributed by atoms with Crippen molar-refractivity contribution in [2.24, 2.45) is 7.05 Å². The minimum absolute atomic E-state index is 0.342. The van der Waals surface area contributed by atoms with Crippen molar-refractivity contribution < 1.29 is 14.3 Å². The molecule has 6 rings (SSSR count). The van der Waals surface area contributed by atoms with Gasteiger partial charge in [-0.25, -0.2) is 9.97 Å². The highest BCUT2D eigenvalue weighted by Crippen LogP contribution is 2.31. The molecular weight excluding hydrogens is 498 g/mol. The molecule has 0 saturated carbocycles. The van der Waals surface area contributed by atoms with Crippen LogP contribution in [-0.4, -0.2) is 92.6 Å². The number of piperazine rings is 1. The lowest BCUT2D eigenvalue weighted by molar-refractivity contribution is 0.0350. The molecule has 12 heteroatoms. The molecule has 0 radical (unpaired) electrons. The van der Waals surface area contributed by atoms with Crippen LogP contribution in [0.3, 0.4) is 0 Å². The van der Waals surface area contributed by atoms with E-state index in [1.807, 2.05) is 37.2 Å². The lowest BCUT2D eigenvalue weighted by Crippen LogP contribution is -2.44. The van der Waals surface area contributed by atoms with Gasteiger partial charge in [0, 0.05) is 64.1 Å². The number of hydrogen-bond donors (Lipinski definition) is 2. The monoisotopic (exact) mass is 531 g/mol. The molecule has 0 aliphatic carbocycles. The van der Waals surface area contributed by atoms with Crippen molar-refractivity contribution in [2.75, 3.05) is 61.4 Å².